The Balaban J connectivity index is 1.77. The van der Waals surface area contributed by atoms with Crippen LogP contribution in [-0.2, 0) is 6.54 Å². The van der Waals surface area contributed by atoms with Gasteiger partial charge in [0.1, 0.15) is 0 Å². The molecule has 2 nitrogen and oxygen atoms in total. The Labute approximate surface area is 115 Å². The lowest BCUT2D eigenvalue weighted by Gasteiger charge is -2.18. The number of carbonyl (C=O) groups is 1. The van der Waals surface area contributed by atoms with Crippen molar-refractivity contribution in [1.82, 2.24) is 4.90 Å². The number of carbonyl (C=O) groups excluding carboxylic acids is 1. The molecule has 0 unspecified atom stereocenters. The first-order valence-electron chi connectivity index (χ1n) is 7.69. The van der Waals surface area contributed by atoms with Crippen molar-refractivity contribution >= 4 is 5.78 Å². The van der Waals surface area contributed by atoms with Gasteiger partial charge in [0, 0.05) is 18.0 Å². The third-order valence-electron chi connectivity index (χ3n) is 4.60. The van der Waals surface area contributed by atoms with E-state index in [0.717, 1.165) is 24.9 Å². The fraction of sp³-hybridized carbons (Fsp3) is 0.588. The van der Waals surface area contributed by atoms with E-state index in [1.165, 1.54) is 44.3 Å². The minimum Gasteiger partial charge on any atom is -0.299 e. The molecular formula is C17H23NO. The van der Waals surface area contributed by atoms with Crippen molar-refractivity contribution in [3.8, 4) is 0 Å². The molecule has 1 aliphatic carbocycles. The summed E-state index contributed by atoms with van der Waals surface area (Å²) in [5.74, 6) is 0.687. The number of ketones is 1. The summed E-state index contributed by atoms with van der Waals surface area (Å²) in [6, 6.07) is 8.25. The molecule has 0 bridgehead atoms. The Kier molecular flexibility index (Phi) is 3.97. The molecule has 1 saturated heterocycles. The molecule has 3 rings (SSSR count). The van der Waals surface area contributed by atoms with E-state index in [0.29, 0.717) is 11.7 Å². The van der Waals surface area contributed by atoms with Gasteiger partial charge in [-0.3, -0.25) is 9.69 Å². The average molecular weight is 257 g/mol. The van der Waals surface area contributed by atoms with E-state index in [1.54, 1.807) is 0 Å². The fourth-order valence-corrected chi connectivity index (χ4v) is 3.49. The van der Waals surface area contributed by atoms with E-state index < -0.39 is 0 Å². The predicted molar refractivity (Wildman–Crippen MR) is 77.2 cm³/mol. The molecule has 2 fully saturated rings. The average Bonchev–Trinajstić information content (AvgIpc) is 3.11. The van der Waals surface area contributed by atoms with Gasteiger partial charge in [0.2, 0.25) is 0 Å². The summed E-state index contributed by atoms with van der Waals surface area (Å²) < 4.78 is 0. The van der Waals surface area contributed by atoms with Crippen LogP contribution in [0.15, 0.2) is 24.3 Å². The van der Waals surface area contributed by atoms with E-state index in [9.17, 15) is 4.79 Å². The maximum atomic E-state index is 12.6. The third-order valence-corrected chi connectivity index (χ3v) is 4.60. The summed E-state index contributed by atoms with van der Waals surface area (Å²) in [6.45, 7) is 3.33. The highest BCUT2D eigenvalue weighted by Crippen LogP contribution is 2.29. The minimum absolute atomic E-state index is 0.291. The van der Waals surface area contributed by atoms with Crippen LogP contribution in [0.2, 0.25) is 0 Å². The van der Waals surface area contributed by atoms with E-state index in [4.69, 9.17) is 0 Å². The zero-order valence-corrected chi connectivity index (χ0v) is 11.6. The van der Waals surface area contributed by atoms with Crippen LogP contribution in [-0.4, -0.2) is 23.8 Å². The third kappa shape index (κ3) is 2.89. The zero-order chi connectivity index (χ0) is 13.1. The second-order valence-electron chi connectivity index (χ2n) is 5.99. The molecule has 1 saturated carbocycles. The summed E-state index contributed by atoms with van der Waals surface area (Å²) in [5.41, 5.74) is 2.22. The van der Waals surface area contributed by atoms with Crippen LogP contribution in [0.1, 0.15) is 54.4 Å². The van der Waals surface area contributed by atoms with Crippen molar-refractivity contribution in [2.75, 3.05) is 13.1 Å². The number of Topliss-reactive ketones (excluding diaryl/α,β-unsaturated/α-hetero) is 1. The molecule has 1 aromatic rings. The first-order valence-corrected chi connectivity index (χ1v) is 7.69. The highest BCUT2D eigenvalue weighted by molar-refractivity contribution is 5.99. The topological polar surface area (TPSA) is 20.3 Å². The molecule has 1 heterocycles. The summed E-state index contributed by atoms with van der Waals surface area (Å²) in [4.78, 5) is 15.1. The predicted octanol–water partition coefficient (Wildman–Crippen LogP) is 3.66. The highest BCUT2D eigenvalue weighted by Gasteiger charge is 2.25. The van der Waals surface area contributed by atoms with Crippen LogP contribution in [0, 0.1) is 5.92 Å². The van der Waals surface area contributed by atoms with Gasteiger partial charge >= 0.3 is 0 Å². The van der Waals surface area contributed by atoms with Gasteiger partial charge in [-0.1, -0.05) is 37.1 Å². The number of likely N-dealkylation sites (tertiary alicyclic amines) is 1. The molecule has 0 atom stereocenters. The molecule has 102 valence electrons. The first kappa shape index (κ1) is 12.9. The van der Waals surface area contributed by atoms with Crippen LogP contribution >= 0.6 is 0 Å². The van der Waals surface area contributed by atoms with Crippen molar-refractivity contribution in [3.63, 3.8) is 0 Å². The Bertz CT molecular complexity index is 442. The fourth-order valence-electron chi connectivity index (χ4n) is 3.49. The SMILES string of the molecule is O=C(c1ccccc1CN1CCCC1)C1CCCC1. The van der Waals surface area contributed by atoms with Gasteiger partial charge in [0.25, 0.3) is 0 Å². The Morgan fingerprint density at radius 1 is 1.05 bits per heavy atom. The van der Waals surface area contributed by atoms with Crippen molar-refractivity contribution in [2.45, 2.75) is 45.1 Å². The highest BCUT2D eigenvalue weighted by atomic mass is 16.1. The smallest absolute Gasteiger partial charge is 0.166 e. The lowest BCUT2D eigenvalue weighted by atomic mass is 9.93. The van der Waals surface area contributed by atoms with Gasteiger partial charge < -0.3 is 0 Å². The minimum atomic E-state index is 0.291. The molecule has 0 aromatic heterocycles. The van der Waals surface area contributed by atoms with Crippen molar-refractivity contribution in [1.29, 1.82) is 0 Å². The van der Waals surface area contributed by atoms with E-state index in [-0.39, 0.29) is 0 Å². The van der Waals surface area contributed by atoms with Gasteiger partial charge in [0.15, 0.2) is 5.78 Å². The second kappa shape index (κ2) is 5.87. The maximum absolute atomic E-state index is 12.6. The zero-order valence-electron chi connectivity index (χ0n) is 11.6. The molecule has 1 aromatic carbocycles. The van der Waals surface area contributed by atoms with Gasteiger partial charge in [0.05, 0.1) is 0 Å². The summed E-state index contributed by atoms with van der Waals surface area (Å²) >= 11 is 0. The number of hydrogen-bond donors (Lipinski definition) is 0. The molecule has 1 aliphatic heterocycles. The maximum Gasteiger partial charge on any atom is 0.166 e. The van der Waals surface area contributed by atoms with Crippen LogP contribution in [0.3, 0.4) is 0 Å². The standard InChI is InChI=1S/C17H23NO/c19-17(14-7-1-2-8-14)16-10-4-3-9-15(16)13-18-11-5-6-12-18/h3-4,9-10,14H,1-2,5-8,11-13H2. The van der Waals surface area contributed by atoms with Crippen molar-refractivity contribution < 1.29 is 4.79 Å². The number of rotatable bonds is 4. The quantitative estimate of drug-likeness (QED) is 0.767. The first-order chi connectivity index (χ1) is 9.34. The monoisotopic (exact) mass is 257 g/mol. The van der Waals surface area contributed by atoms with E-state index in [1.807, 2.05) is 12.1 Å². The largest absolute Gasteiger partial charge is 0.299 e. The molecule has 0 amide bonds. The molecule has 19 heavy (non-hydrogen) atoms. The normalized spacial score (nSPS) is 21.1. The molecule has 0 spiro atoms. The van der Waals surface area contributed by atoms with E-state index >= 15 is 0 Å². The Morgan fingerprint density at radius 2 is 1.74 bits per heavy atom. The van der Waals surface area contributed by atoms with Crippen LogP contribution < -0.4 is 0 Å². The number of nitrogens with zero attached hydrogens (tertiary/aromatic N) is 1. The van der Waals surface area contributed by atoms with Crippen molar-refractivity contribution in [2.24, 2.45) is 5.92 Å². The molecule has 0 N–H and O–H groups in total. The van der Waals surface area contributed by atoms with Gasteiger partial charge in [-0.2, -0.15) is 0 Å². The van der Waals surface area contributed by atoms with E-state index in [2.05, 4.69) is 17.0 Å². The van der Waals surface area contributed by atoms with Crippen LogP contribution in [0.25, 0.3) is 0 Å². The second-order valence-corrected chi connectivity index (χ2v) is 5.99. The summed E-state index contributed by atoms with van der Waals surface area (Å²) in [5, 5.41) is 0. The Morgan fingerprint density at radius 3 is 2.47 bits per heavy atom. The molecule has 2 aliphatic rings. The molecule has 2 heteroatoms. The van der Waals surface area contributed by atoms with Crippen molar-refractivity contribution in [3.05, 3.63) is 35.4 Å². The lowest BCUT2D eigenvalue weighted by Crippen LogP contribution is -2.21. The van der Waals surface area contributed by atoms with Crippen LogP contribution in [0.5, 0.6) is 0 Å². The molecular weight excluding hydrogens is 234 g/mol. The number of hydrogen-bond acceptors (Lipinski definition) is 2. The van der Waals surface area contributed by atoms with Gasteiger partial charge in [-0.05, 0) is 44.3 Å². The lowest BCUT2D eigenvalue weighted by molar-refractivity contribution is 0.0921. The van der Waals surface area contributed by atoms with Gasteiger partial charge in [-0.15, -0.1) is 0 Å². The summed E-state index contributed by atoms with van der Waals surface area (Å²) in [6.07, 6.45) is 7.25. The number of benzene rings is 1. The van der Waals surface area contributed by atoms with Crippen LogP contribution in [0.4, 0.5) is 0 Å². The van der Waals surface area contributed by atoms with Gasteiger partial charge in [-0.25, -0.2) is 0 Å². The molecule has 0 radical (unpaired) electrons. The Hall–Kier alpha value is -1.15. The summed E-state index contributed by atoms with van der Waals surface area (Å²) in [7, 11) is 0.